The summed E-state index contributed by atoms with van der Waals surface area (Å²) in [6.07, 6.45) is 0.0909. The van der Waals surface area contributed by atoms with E-state index in [1.807, 2.05) is 17.7 Å². The summed E-state index contributed by atoms with van der Waals surface area (Å²) in [4.78, 5) is 0. The first-order chi connectivity index (χ1) is 10.0. The predicted octanol–water partition coefficient (Wildman–Crippen LogP) is 3.24. The number of aliphatic hydroxyl groups excluding tert-OH is 1. The second-order valence-corrected chi connectivity index (χ2v) is 4.94. The van der Waals surface area contributed by atoms with Gasteiger partial charge in [-0.15, -0.1) is 0 Å². The Morgan fingerprint density at radius 3 is 2.71 bits per heavy atom. The van der Waals surface area contributed by atoms with Crippen LogP contribution in [0.2, 0.25) is 0 Å². The second kappa shape index (κ2) is 6.72. The van der Waals surface area contributed by atoms with E-state index in [2.05, 4.69) is 12.0 Å². The van der Waals surface area contributed by atoms with Gasteiger partial charge in [0.1, 0.15) is 18.2 Å². The highest BCUT2D eigenvalue weighted by Gasteiger charge is 2.12. The van der Waals surface area contributed by atoms with Crippen LogP contribution in [0.5, 0.6) is 5.75 Å². The molecular weight excluding hydrogens is 271 g/mol. The minimum Gasteiger partial charge on any atom is -0.487 e. The molecule has 2 aromatic rings. The molecule has 1 heterocycles. The molecule has 4 nitrogen and oxygen atoms in total. The van der Waals surface area contributed by atoms with Crippen molar-refractivity contribution in [2.45, 2.75) is 46.4 Å². The predicted molar refractivity (Wildman–Crippen MR) is 78.6 cm³/mol. The number of aliphatic hydroxyl groups is 1. The van der Waals surface area contributed by atoms with Crippen molar-refractivity contribution in [1.29, 1.82) is 0 Å². The van der Waals surface area contributed by atoms with Gasteiger partial charge >= 0.3 is 0 Å². The standard InChI is InChI=1S/C16H21FN2O2/c1-4-13-9-14(19(5-2)18-13)10-21-16-7-6-12(17)8-15(16)11(3)20/h6-9,11,20H,4-5,10H2,1-3H3/t11-/m0/s1. The molecule has 0 aliphatic heterocycles. The molecule has 0 spiro atoms. The Balaban J connectivity index is 2.18. The van der Waals surface area contributed by atoms with Gasteiger partial charge in [-0.2, -0.15) is 5.10 Å². The van der Waals surface area contributed by atoms with E-state index in [0.29, 0.717) is 17.9 Å². The van der Waals surface area contributed by atoms with Crippen LogP contribution in [0.4, 0.5) is 4.39 Å². The first-order valence-electron chi connectivity index (χ1n) is 7.21. The number of halogens is 1. The average Bonchev–Trinajstić information content (AvgIpc) is 2.88. The monoisotopic (exact) mass is 292 g/mol. The van der Waals surface area contributed by atoms with Gasteiger partial charge in [-0.1, -0.05) is 6.92 Å². The molecule has 21 heavy (non-hydrogen) atoms. The number of ether oxygens (including phenoxy) is 1. The minimum atomic E-state index is -0.780. The number of hydrogen-bond donors (Lipinski definition) is 1. The summed E-state index contributed by atoms with van der Waals surface area (Å²) in [5.74, 6) is 0.110. The Kier molecular flexibility index (Phi) is 4.96. The quantitative estimate of drug-likeness (QED) is 0.889. The van der Waals surface area contributed by atoms with E-state index in [9.17, 15) is 9.50 Å². The normalized spacial score (nSPS) is 12.4. The van der Waals surface area contributed by atoms with Crippen molar-refractivity contribution in [3.8, 4) is 5.75 Å². The van der Waals surface area contributed by atoms with E-state index in [0.717, 1.165) is 24.4 Å². The fourth-order valence-electron chi connectivity index (χ4n) is 2.21. The fraction of sp³-hybridized carbons (Fsp3) is 0.438. The van der Waals surface area contributed by atoms with Crippen LogP contribution >= 0.6 is 0 Å². The largest absolute Gasteiger partial charge is 0.487 e. The average molecular weight is 292 g/mol. The van der Waals surface area contributed by atoms with E-state index in [-0.39, 0.29) is 5.82 Å². The summed E-state index contributed by atoms with van der Waals surface area (Å²) in [6.45, 7) is 6.78. The topological polar surface area (TPSA) is 47.3 Å². The molecule has 0 unspecified atom stereocenters. The molecule has 0 saturated carbocycles. The lowest BCUT2D eigenvalue weighted by molar-refractivity contribution is 0.188. The number of nitrogens with zero attached hydrogens (tertiary/aromatic N) is 2. The molecule has 0 aliphatic carbocycles. The van der Waals surface area contributed by atoms with Crippen LogP contribution < -0.4 is 4.74 Å². The third-order valence-corrected chi connectivity index (χ3v) is 3.37. The molecule has 2 rings (SSSR count). The Morgan fingerprint density at radius 2 is 2.10 bits per heavy atom. The lowest BCUT2D eigenvalue weighted by Crippen LogP contribution is -2.07. The lowest BCUT2D eigenvalue weighted by Gasteiger charge is -2.14. The molecule has 0 amide bonds. The van der Waals surface area contributed by atoms with Gasteiger partial charge in [0.05, 0.1) is 17.5 Å². The van der Waals surface area contributed by atoms with Gasteiger partial charge in [0.15, 0.2) is 0 Å². The molecule has 5 heteroatoms. The van der Waals surface area contributed by atoms with Gasteiger partial charge in [0, 0.05) is 12.1 Å². The third-order valence-electron chi connectivity index (χ3n) is 3.37. The number of aryl methyl sites for hydroxylation is 2. The van der Waals surface area contributed by atoms with Crippen LogP contribution in [0.25, 0.3) is 0 Å². The van der Waals surface area contributed by atoms with Gasteiger partial charge in [0.25, 0.3) is 0 Å². The van der Waals surface area contributed by atoms with E-state index in [1.165, 1.54) is 12.1 Å². The third kappa shape index (κ3) is 3.61. The molecule has 1 aromatic carbocycles. The molecule has 0 aliphatic rings. The molecular formula is C16H21FN2O2. The molecule has 1 atom stereocenters. The highest BCUT2D eigenvalue weighted by atomic mass is 19.1. The smallest absolute Gasteiger partial charge is 0.130 e. The maximum absolute atomic E-state index is 13.3. The van der Waals surface area contributed by atoms with Crippen LogP contribution in [0.15, 0.2) is 24.3 Å². The summed E-state index contributed by atoms with van der Waals surface area (Å²) in [5, 5.41) is 14.2. The molecule has 0 radical (unpaired) electrons. The van der Waals surface area contributed by atoms with E-state index in [1.54, 1.807) is 13.0 Å². The van der Waals surface area contributed by atoms with Crippen LogP contribution in [-0.2, 0) is 19.6 Å². The molecule has 0 bridgehead atoms. The summed E-state index contributed by atoms with van der Waals surface area (Å²) in [7, 11) is 0. The van der Waals surface area contributed by atoms with E-state index >= 15 is 0 Å². The maximum Gasteiger partial charge on any atom is 0.130 e. The van der Waals surface area contributed by atoms with Gasteiger partial charge in [-0.3, -0.25) is 4.68 Å². The highest BCUT2D eigenvalue weighted by Crippen LogP contribution is 2.26. The van der Waals surface area contributed by atoms with Gasteiger partial charge in [-0.05, 0) is 44.5 Å². The van der Waals surface area contributed by atoms with E-state index in [4.69, 9.17) is 4.74 Å². The number of rotatable bonds is 6. The first-order valence-corrected chi connectivity index (χ1v) is 7.21. The van der Waals surface area contributed by atoms with Crippen molar-refractivity contribution in [1.82, 2.24) is 9.78 Å². The number of hydrogen-bond acceptors (Lipinski definition) is 3. The van der Waals surface area contributed by atoms with Crippen molar-refractivity contribution in [2.75, 3.05) is 0 Å². The Hall–Kier alpha value is -1.88. The SMILES string of the molecule is CCc1cc(COc2ccc(F)cc2[C@H](C)O)n(CC)n1. The molecule has 0 fully saturated rings. The zero-order valence-electron chi connectivity index (χ0n) is 12.6. The second-order valence-electron chi connectivity index (χ2n) is 4.94. The first kappa shape index (κ1) is 15.5. The maximum atomic E-state index is 13.3. The van der Waals surface area contributed by atoms with Gasteiger partial charge in [0.2, 0.25) is 0 Å². The van der Waals surface area contributed by atoms with Crippen LogP contribution in [-0.4, -0.2) is 14.9 Å². The number of benzene rings is 1. The van der Waals surface area contributed by atoms with Crippen LogP contribution in [0.1, 0.15) is 43.8 Å². The van der Waals surface area contributed by atoms with Crippen LogP contribution in [0, 0.1) is 5.82 Å². The van der Waals surface area contributed by atoms with Crippen molar-refractivity contribution >= 4 is 0 Å². The van der Waals surface area contributed by atoms with Crippen molar-refractivity contribution < 1.29 is 14.2 Å². The zero-order chi connectivity index (χ0) is 15.4. The van der Waals surface area contributed by atoms with Crippen molar-refractivity contribution in [3.05, 3.63) is 47.0 Å². The Labute approximate surface area is 124 Å². The molecule has 1 aromatic heterocycles. The van der Waals surface area contributed by atoms with Crippen LogP contribution in [0.3, 0.4) is 0 Å². The molecule has 114 valence electrons. The summed E-state index contributed by atoms with van der Waals surface area (Å²) >= 11 is 0. The fourth-order valence-corrected chi connectivity index (χ4v) is 2.21. The Bertz CT molecular complexity index is 608. The van der Waals surface area contributed by atoms with Gasteiger partial charge in [-0.25, -0.2) is 4.39 Å². The van der Waals surface area contributed by atoms with Gasteiger partial charge < -0.3 is 9.84 Å². The zero-order valence-corrected chi connectivity index (χ0v) is 12.6. The Morgan fingerprint density at radius 1 is 1.33 bits per heavy atom. The summed E-state index contributed by atoms with van der Waals surface area (Å²) in [5.41, 5.74) is 2.44. The molecule has 0 saturated heterocycles. The lowest BCUT2D eigenvalue weighted by atomic mass is 10.1. The van der Waals surface area contributed by atoms with Crippen molar-refractivity contribution in [2.24, 2.45) is 0 Å². The summed E-state index contributed by atoms with van der Waals surface area (Å²) in [6, 6.07) is 6.18. The van der Waals surface area contributed by atoms with E-state index < -0.39 is 6.10 Å². The van der Waals surface area contributed by atoms with Crippen molar-refractivity contribution in [3.63, 3.8) is 0 Å². The minimum absolute atomic E-state index is 0.339. The highest BCUT2D eigenvalue weighted by molar-refractivity contribution is 5.35. The molecule has 1 N–H and O–H groups in total. The summed E-state index contributed by atoms with van der Waals surface area (Å²) < 4.78 is 20.9. The number of aromatic nitrogens is 2.